The maximum absolute atomic E-state index is 11.5. The smallest absolute Gasteiger partial charge is 0.314 e. The van der Waals surface area contributed by atoms with Gasteiger partial charge in [-0.15, -0.1) is 0 Å². The van der Waals surface area contributed by atoms with Crippen LogP contribution in [0.15, 0.2) is 10.7 Å². The molecule has 1 aromatic heterocycles. The number of carboxylic acid groups (broad SMARTS) is 1. The van der Waals surface area contributed by atoms with E-state index in [4.69, 9.17) is 10.3 Å². The SMILES string of the molecule is Cc1oncc1C1(C(=O)O)CCC(N)CC1. The highest BCUT2D eigenvalue weighted by Gasteiger charge is 2.45. The fourth-order valence-electron chi connectivity index (χ4n) is 2.49. The summed E-state index contributed by atoms with van der Waals surface area (Å²) in [5, 5.41) is 13.1. The standard InChI is InChI=1S/C11H16N2O3/c1-7-9(6-13-16-7)11(10(14)15)4-2-8(12)3-5-11/h6,8H,2-5,12H2,1H3,(H,14,15). The number of rotatable bonds is 2. The Morgan fingerprint density at radius 2 is 2.25 bits per heavy atom. The van der Waals surface area contributed by atoms with E-state index in [0.717, 1.165) is 12.8 Å². The van der Waals surface area contributed by atoms with E-state index in [0.29, 0.717) is 24.2 Å². The second-order valence-corrected chi connectivity index (χ2v) is 4.52. The van der Waals surface area contributed by atoms with Gasteiger partial charge in [0.25, 0.3) is 0 Å². The molecule has 1 aliphatic rings. The third kappa shape index (κ3) is 1.61. The minimum atomic E-state index is -0.847. The largest absolute Gasteiger partial charge is 0.481 e. The summed E-state index contributed by atoms with van der Waals surface area (Å²) < 4.78 is 4.98. The average Bonchev–Trinajstić information content (AvgIpc) is 2.66. The zero-order chi connectivity index (χ0) is 11.8. The van der Waals surface area contributed by atoms with Crippen LogP contribution >= 0.6 is 0 Å². The number of carbonyl (C=O) groups is 1. The third-order valence-corrected chi connectivity index (χ3v) is 3.56. The topological polar surface area (TPSA) is 89.3 Å². The van der Waals surface area contributed by atoms with Gasteiger partial charge in [-0.25, -0.2) is 0 Å². The molecule has 1 heterocycles. The molecule has 1 saturated carbocycles. The lowest BCUT2D eigenvalue weighted by Crippen LogP contribution is -2.43. The van der Waals surface area contributed by atoms with Crippen LogP contribution in [0.3, 0.4) is 0 Å². The molecule has 5 nitrogen and oxygen atoms in total. The number of hydrogen-bond acceptors (Lipinski definition) is 4. The first-order valence-electron chi connectivity index (χ1n) is 5.47. The number of nitrogens with two attached hydrogens (primary N) is 1. The first-order chi connectivity index (χ1) is 7.56. The first kappa shape index (κ1) is 11.1. The van der Waals surface area contributed by atoms with Crippen molar-refractivity contribution in [3.8, 4) is 0 Å². The molecule has 0 aromatic carbocycles. The Hall–Kier alpha value is -1.36. The number of nitrogens with zero attached hydrogens (tertiary/aromatic N) is 1. The molecule has 0 unspecified atom stereocenters. The molecule has 0 saturated heterocycles. The second kappa shape index (κ2) is 3.90. The van der Waals surface area contributed by atoms with Crippen LogP contribution in [0.5, 0.6) is 0 Å². The van der Waals surface area contributed by atoms with Crippen molar-refractivity contribution in [2.24, 2.45) is 5.73 Å². The fraction of sp³-hybridized carbons (Fsp3) is 0.636. The van der Waals surface area contributed by atoms with Crippen LogP contribution in [0, 0.1) is 6.92 Å². The Balaban J connectivity index is 2.37. The van der Waals surface area contributed by atoms with Gasteiger partial charge in [0.2, 0.25) is 0 Å². The van der Waals surface area contributed by atoms with Crippen molar-refractivity contribution < 1.29 is 14.4 Å². The molecule has 2 rings (SSSR count). The van der Waals surface area contributed by atoms with Gasteiger partial charge >= 0.3 is 5.97 Å². The lowest BCUT2D eigenvalue weighted by atomic mass is 9.68. The maximum Gasteiger partial charge on any atom is 0.314 e. The van der Waals surface area contributed by atoms with Crippen molar-refractivity contribution >= 4 is 5.97 Å². The van der Waals surface area contributed by atoms with E-state index >= 15 is 0 Å². The molecule has 0 radical (unpaired) electrons. The molecular weight excluding hydrogens is 208 g/mol. The second-order valence-electron chi connectivity index (χ2n) is 4.52. The monoisotopic (exact) mass is 224 g/mol. The van der Waals surface area contributed by atoms with Gasteiger partial charge in [-0.2, -0.15) is 0 Å². The number of hydrogen-bond donors (Lipinski definition) is 2. The molecule has 0 aliphatic heterocycles. The van der Waals surface area contributed by atoms with Crippen molar-refractivity contribution in [1.29, 1.82) is 0 Å². The molecule has 1 aliphatic carbocycles. The van der Waals surface area contributed by atoms with Crippen LogP contribution in [-0.4, -0.2) is 22.3 Å². The predicted octanol–water partition coefficient (Wildman–Crippen LogP) is 1.21. The average molecular weight is 224 g/mol. The Morgan fingerprint density at radius 3 is 2.69 bits per heavy atom. The summed E-state index contributed by atoms with van der Waals surface area (Å²) in [7, 11) is 0. The Kier molecular flexibility index (Phi) is 2.71. The van der Waals surface area contributed by atoms with Gasteiger partial charge in [-0.1, -0.05) is 5.16 Å². The molecule has 0 atom stereocenters. The van der Waals surface area contributed by atoms with Gasteiger partial charge in [0.15, 0.2) is 0 Å². The highest BCUT2D eigenvalue weighted by Crippen LogP contribution is 2.40. The first-order valence-corrected chi connectivity index (χ1v) is 5.47. The highest BCUT2D eigenvalue weighted by atomic mass is 16.5. The van der Waals surface area contributed by atoms with Gasteiger partial charge in [0.1, 0.15) is 5.76 Å². The van der Waals surface area contributed by atoms with Crippen LogP contribution in [0.2, 0.25) is 0 Å². The van der Waals surface area contributed by atoms with Crippen LogP contribution in [-0.2, 0) is 10.2 Å². The summed E-state index contributed by atoms with van der Waals surface area (Å²) in [6.45, 7) is 1.75. The number of carboxylic acids is 1. The maximum atomic E-state index is 11.5. The van der Waals surface area contributed by atoms with Gasteiger partial charge < -0.3 is 15.4 Å². The van der Waals surface area contributed by atoms with E-state index in [1.165, 1.54) is 6.20 Å². The van der Waals surface area contributed by atoms with Crippen molar-refractivity contribution in [3.05, 3.63) is 17.5 Å². The Bertz CT molecular complexity index is 392. The summed E-state index contributed by atoms with van der Waals surface area (Å²) in [6, 6.07) is 0.118. The van der Waals surface area contributed by atoms with Crippen molar-refractivity contribution in [3.63, 3.8) is 0 Å². The Labute approximate surface area is 93.6 Å². The normalized spacial score (nSPS) is 30.2. The van der Waals surface area contributed by atoms with Gasteiger partial charge in [-0.05, 0) is 32.6 Å². The number of aliphatic carboxylic acids is 1. The van der Waals surface area contributed by atoms with Crippen LogP contribution < -0.4 is 5.73 Å². The summed E-state index contributed by atoms with van der Waals surface area (Å²) in [5.74, 6) is -0.205. The summed E-state index contributed by atoms with van der Waals surface area (Å²) in [5.41, 5.74) is 5.67. The van der Waals surface area contributed by atoms with E-state index in [9.17, 15) is 9.90 Å². The van der Waals surface area contributed by atoms with E-state index in [1.54, 1.807) is 6.92 Å². The minimum absolute atomic E-state index is 0.118. The highest BCUT2D eigenvalue weighted by molar-refractivity contribution is 5.81. The quantitative estimate of drug-likeness (QED) is 0.788. The zero-order valence-corrected chi connectivity index (χ0v) is 9.27. The molecule has 5 heteroatoms. The fourth-order valence-corrected chi connectivity index (χ4v) is 2.49. The Morgan fingerprint density at radius 1 is 1.62 bits per heavy atom. The van der Waals surface area contributed by atoms with Gasteiger partial charge in [-0.3, -0.25) is 4.79 Å². The third-order valence-electron chi connectivity index (χ3n) is 3.56. The number of aromatic nitrogens is 1. The van der Waals surface area contributed by atoms with Crippen LogP contribution in [0.25, 0.3) is 0 Å². The molecule has 1 fully saturated rings. The molecule has 0 bridgehead atoms. The molecule has 0 amide bonds. The van der Waals surface area contributed by atoms with E-state index in [-0.39, 0.29) is 6.04 Å². The van der Waals surface area contributed by atoms with Gasteiger partial charge in [0, 0.05) is 11.6 Å². The molecule has 1 aromatic rings. The molecule has 16 heavy (non-hydrogen) atoms. The zero-order valence-electron chi connectivity index (χ0n) is 9.27. The van der Waals surface area contributed by atoms with Crippen LogP contribution in [0.1, 0.15) is 37.0 Å². The van der Waals surface area contributed by atoms with Crippen molar-refractivity contribution in [2.45, 2.75) is 44.1 Å². The van der Waals surface area contributed by atoms with Crippen LogP contribution in [0.4, 0.5) is 0 Å². The molecular formula is C11H16N2O3. The van der Waals surface area contributed by atoms with Gasteiger partial charge in [0.05, 0.1) is 11.6 Å². The van der Waals surface area contributed by atoms with E-state index < -0.39 is 11.4 Å². The molecule has 3 N–H and O–H groups in total. The van der Waals surface area contributed by atoms with E-state index in [2.05, 4.69) is 5.16 Å². The lowest BCUT2D eigenvalue weighted by Gasteiger charge is -2.35. The minimum Gasteiger partial charge on any atom is -0.481 e. The molecule has 0 spiro atoms. The van der Waals surface area contributed by atoms with Crippen molar-refractivity contribution in [2.75, 3.05) is 0 Å². The van der Waals surface area contributed by atoms with E-state index in [1.807, 2.05) is 0 Å². The predicted molar refractivity (Wildman–Crippen MR) is 57.0 cm³/mol. The summed E-state index contributed by atoms with van der Waals surface area (Å²) in [6.07, 6.45) is 4.12. The van der Waals surface area contributed by atoms with Crippen molar-refractivity contribution in [1.82, 2.24) is 5.16 Å². The number of aryl methyl sites for hydroxylation is 1. The lowest BCUT2D eigenvalue weighted by molar-refractivity contribution is -0.145. The summed E-state index contributed by atoms with van der Waals surface area (Å²) in [4.78, 5) is 11.5. The summed E-state index contributed by atoms with van der Waals surface area (Å²) >= 11 is 0. The molecule has 88 valence electrons.